The smallest absolute Gasteiger partial charge is 0.407 e. The molecule has 0 aromatic heterocycles. The summed E-state index contributed by atoms with van der Waals surface area (Å²) in [6.45, 7) is 3.72. The first-order chi connectivity index (χ1) is 10.2. The summed E-state index contributed by atoms with van der Waals surface area (Å²) in [7, 11) is 0. The van der Waals surface area contributed by atoms with Gasteiger partial charge in [0.1, 0.15) is 6.10 Å². The first-order valence-electron chi connectivity index (χ1n) is 7.82. The number of alkyl halides is 2. The Kier molecular flexibility index (Phi) is 3.57. The lowest BCUT2D eigenvalue weighted by atomic mass is 9.67. The molecule has 1 aliphatic heterocycles. The van der Waals surface area contributed by atoms with Gasteiger partial charge in [0, 0.05) is 31.2 Å². The van der Waals surface area contributed by atoms with E-state index in [4.69, 9.17) is 4.74 Å². The third kappa shape index (κ3) is 2.90. The van der Waals surface area contributed by atoms with Gasteiger partial charge in [-0.05, 0) is 18.3 Å². The van der Waals surface area contributed by atoms with Crippen LogP contribution in [0.3, 0.4) is 0 Å². The molecule has 2 N–H and O–H groups in total. The number of rotatable bonds is 2. The summed E-state index contributed by atoms with van der Waals surface area (Å²) in [6.07, 6.45) is 0.166. The fourth-order valence-electron chi connectivity index (χ4n) is 3.82. The predicted molar refractivity (Wildman–Crippen MR) is 74.4 cm³/mol. The highest BCUT2D eigenvalue weighted by molar-refractivity contribution is 5.80. The first-order valence-corrected chi connectivity index (χ1v) is 7.82. The largest absolute Gasteiger partial charge is 0.444 e. The number of amides is 2. The number of carbonyl (C=O) groups excluding carboxylic acids is 2. The SMILES string of the molecule is CC1(C)CCC(F)(F)CC1C(=O)N[C@@H]1C[C@@H]2C[C@H]1OC(=O)N2. The quantitative estimate of drug-likeness (QED) is 0.821. The molecular formula is C15H22F2N2O3. The molecule has 0 aromatic carbocycles. The van der Waals surface area contributed by atoms with Crippen molar-refractivity contribution in [1.29, 1.82) is 0 Å². The fourth-order valence-corrected chi connectivity index (χ4v) is 3.82. The molecule has 0 radical (unpaired) electrons. The molecule has 1 heterocycles. The first kappa shape index (κ1) is 15.5. The molecule has 5 nitrogen and oxygen atoms in total. The van der Waals surface area contributed by atoms with Gasteiger partial charge in [0.15, 0.2) is 0 Å². The van der Waals surface area contributed by atoms with Crippen LogP contribution in [0.4, 0.5) is 13.6 Å². The minimum Gasteiger partial charge on any atom is -0.444 e. The van der Waals surface area contributed by atoms with Crippen molar-refractivity contribution >= 4 is 12.0 Å². The van der Waals surface area contributed by atoms with Gasteiger partial charge in [-0.25, -0.2) is 13.6 Å². The van der Waals surface area contributed by atoms with E-state index in [0.29, 0.717) is 19.3 Å². The van der Waals surface area contributed by atoms with Crippen LogP contribution < -0.4 is 10.6 Å². The molecule has 3 rings (SSSR count). The van der Waals surface area contributed by atoms with E-state index < -0.39 is 29.8 Å². The van der Waals surface area contributed by atoms with Crippen LogP contribution in [-0.2, 0) is 9.53 Å². The van der Waals surface area contributed by atoms with Gasteiger partial charge in [-0.15, -0.1) is 0 Å². The molecular weight excluding hydrogens is 294 g/mol. The summed E-state index contributed by atoms with van der Waals surface area (Å²) < 4.78 is 32.5. The summed E-state index contributed by atoms with van der Waals surface area (Å²) in [5, 5.41) is 5.53. The Bertz CT molecular complexity index is 495. The van der Waals surface area contributed by atoms with Crippen LogP contribution in [0.25, 0.3) is 0 Å². The Morgan fingerprint density at radius 3 is 2.77 bits per heavy atom. The fraction of sp³-hybridized carbons (Fsp3) is 0.867. The lowest BCUT2D eigenvalue weighted by Gasteiger charge is -2.41. The minimum atomic E-state index is -2.78. The molecule has 2 bridgehead atoms. The van der Waals surface area contributed by atoms with Crippen molar-refractivity contribution < 1.29 is 23.1 Å². The molecule has 1 saturated heterocycles. The van der Waals surface area contributed by atoms with Crippen molar-refractivity contribution in [3.05, 3.63) is 0 Å². The number of hydrogen-bond donors (Lipinski definition) is 2. The van der Waals surface area contributed by atoms with Crippen LogP contribution >= 0.6 is 0 Å². The number of ether oxygens (including phenoxy) is 1. The summed E-state index contributed by atoms with van der Waals surface area (Å²) in [4.78, 5) is 23.8. The maximum Gasteiger partial charge on any atom is 0.407 e. The van der Waals surface area contributed by atoms with Gasteiger partial charge in [0.05, 0.1) is 6.04 Å². The monoisotopic (exact) mass is 316 g/mol. The van der Waals surface area contributed by atoms with Crippen LogP contribution in [0, 0.1) is 11.3 Å². The van der Waals surface area contributed by atoms with Crippen molar-refractivity contribution in [1.82, 2.24) is 10.6 Å². The average Bonchev–Trinajstić information content (AvgIpc) is 2.67. The second kappa shape index (κ2) is 5.06. The van der Waals surface area contributed by atoms with Gasteiger partial charge in [-0.3, -0.25) is 4.79 Å². The summed E-state index contributed by atoms with van der Waals surface area (Å²) in [5.41, 5.74) is -0.450. The van der Waals surface area contributed by atoms with Crippen molar-refractivity contribution in [2.24, 2.45) is 11.3 Å². The summed E-state index contributed by atoms with van der Waals surface area (Å²) in [5.74, 6) is -3.85. The minimum absolute atomic E-state index is 0.00245. The van der Waals surface area contributed by atoms with Gasteiger partial charge >= 0.3 is 6.09 Å². The predicted octanol–water partition coefficient (Wildman–Crippen LogP) is 2.20. The molecule has 0 aromatic rings. The average molecular weight is 316 g/mol. The van der Waals surface area contributed by atoms with Crippen LogP contribution in [0.5, 0.6) is 0 Å². The highest BCUT2D eigenvalue weighted by Crippen LogP contribution is 2.47. The number of hydrogen-bond acceptors (Lipinski definition) is 3. The third-order valence-electron chi connectivity index (χ3n) is 5.31. The lowest BCUT2D eigenvalue weighted by Crippen LogP contribution is -2.50. The zero-order chi connectivity index (χ0) is 16.1. The zero-order valence-corrected chi connectivity index (χ0v) is 12.8. The van der Waals surface area contributed by atoms with Crippen molar-refractivity contribution in [2.45, 2.75) is 70.1 Å². The normalized spacial score (nSPS) is 38.8. The van der Waals surface area contributed by atoms with E-state index in [0.717, 1.165) is 0 Å². The van der Waals surface area contributed by atoms with E-state index in [-0.39, 0.29) is 30.5 Å². The molecule has 2 aliphatic carbocycles. The second-order valence-corrected chi connectivity index (χ2v) is 7.47. The molecule has 2 amide bonds. The Hall–Kier alpha value is -1.40. The summed E-state index contributed by atoms with van der Waals surface area (Å²) >= 11 is 0. The van der Waals surface area contributed by atoms with Crippen LogP contribution in [0.15, 0.2) is 0 Å². The van der Waals surface area contributed by atoms with Crippen LogP contribution in [0.1, 0.15) is 46.0 Å². The van der Waals surface area contributed by atoms with Gasteiger partial charge in [0.2, 0.25) is 11.8 Å². The second-order valence-electron chi connectivity index (χ2n) is 7.47. The van der Waals surface area contributed by atoms with E-state index in [9.17, 15) is 18.4 Å². The Balaban J connectivity index is 1.67. The molecule has 3 fully saturated rings. The van der Waals surface area contributed by atoms with Crippen molar-refractivity contribution in [3.63, 3.8) is 0 Å². The van der Waals surface area contributed by atoms with Crippen molar-refractivity contribution in [3.8, 4) is 0 Å². The van der Waals surface area contributed by atoms with Crippen molar-refractivity contribution in [2.75, 3.05) is 0 Å². The van der Waals surface area contributed by atoms with E-state index in [1.165, 1.54) is 0 Å². The number of halogens is 2. The molecule has 124 valence electrons. The molecule has 4 atom stereocenters. The number of nitrogens with one attached hydrogen (secondary N) is 2. The molecule has 1 unspecified atom stereocenters. The van der Waals surface area contributed by atoms with Crippen LogP contribution in [0.2, 0.25) is 0 Å². The molecule has 2 saturated carbocycles. The van der Waals surface area contributed by atoms with E-state index >= 15 is 0 Å². The standard InChI is InChI=1S/C15H22F2N2O3/c1-14(2)3-4-15(16,17)7-9(14)12(20)19-10-5-8-6-11(10)22-13(21)18-8/h8-11H,3-7H2,1-2H3,(H,18,21)(H,19,20)/t8-,9?,10-,11-/m1/s1. The zero-order valence-electron chi connectivity index (χ0n) is 12.8. The summed E-state index contributed by atoms with van der Waals surface area (Å²) in [6, 6.07) is -0.292. The van der Waals surface area contributed by atoms with E-state index in [2.05, 4.69) is 10.6 Å². The van der Waals surface area contributed by atoms with Crippen LogP contribution in [-0.4, -0.2) is 36.1 Å². The lowest BCUT2D eigenvalue weighted by molar-refractivity contribution is -0.143. The number of fused-ring (bicyclic) bond motifs is 2. The highest BCUT2D eigenvalue weighted by atomic mass is 19.3. The Labute approximate surface area is 128 Å². The molecule has 3 aliphatic rings. The van der Waals surface area contributed by atoms with E-state index in [1.807, 2.05) is 13.8 Å². The maximum absolute atomic E-state index is 13.7. The third-order valence-corrected chi connectivity index (χ3v) is 5.31. The Morgan fingerprint density at radius 2 is 2.05 bits per heavy atom. The number of carbonyl (C=O) groups is 2. The topological polar surface area (TPSA) is 67.4 Å². The van der Waals surface area contributed by atoms with Gasteiger partial charge in [-0.1, -0.05) is 13.8 Å². The Morgan fingerprint density at radius 1 is 1.32 bits per heavy atom. The highest BCUT2D eigenvalue weighted by Gasteiger charge is 2.50. The van der Waals surface area contributed by atoms with Gasteiger partial charge in [-0.2, -0.15) is 0 Å². The molecule has 7 heteroatoms. The molecule has 22 heavy (non-hydrogen) atoms. The maximum atomic E-state index is 13.7. The number of alkyl carbamates (subject to hydrolysis) is 1. The van der Waals surface area contributed by atoms with Gasteiger partial charge < -0.3 is 15.4 Å². The van der Waals surface area contributed by atoms with Gasteiger partial charge in [0.25, 0.3) is 0 Å². The van der Waals surface area contributed by atoms with E-state index in [1.54, 1.807) is 0 Å². The molecule has 0 spiro atoms.